The van der Waals surface area contributed by atoms with Crippen LogP contribution in [0.3, 0.4) is 0 Å². The zero-order valence-electron chi connectivity index (χ0n) is 22.2. The Bertz CT molecular complexity index is 997. The lowest BCUT2D eigenvalue weighted by molar-refractivity contribution is -0.117. The van der Waals surface area contributed by atoms with Crippen molar-refractivity contribution in [3.05, 3.63) is 88.8 Å². The number of carbonyl (C=O) groups excluding carboxylic acids is 1. The van der Waals surface area contributed by atoms with Gasteiger partial charge < -0.3 is 10.6 Å². The van der Waals surface area contributed by atoms with Crippen LogP contribution in [0.4, 0.5) is 5.69 Å². The number of carbonyl (C=O) groups is 1. The molecule has 0 radical (unpaired) electrons. The molecule has 0 aromatic heterocycles. The summed E-state index contributed by atoms with van der Waals surface area (Å²) >= 11 is 0. The molecule has 35 heavy (non-hydrogen) atoms. The van der Waals surface area contributed by atoms with Gasteiger partial charge in [0.25, 0.3) is 0 Å². The van der Waals surface area contributed by atoms with Gasteiger partial charge in [-0.3, -0.25) is 4.79 Å². The molecule has 1 fully saturated rings. The van der Waals surface area contributed by atoms with Crippen LogP contribution in [0.5, 0.6) is 0 Å². The highest BCUT2D eigenvalue weighted by Gasteiger charge is 2.19. The Morgan fingerprint density at radius 3 is 2.51 bits per heavy atom. The maximum absolute atomic E-state index is 12.5. The lowest BCUT2D eigenvalue weighted by Gasteiger charge is -2.22. The van der Waals surface area contributed by atoms with E-state index in [1.165, 1.54) is 59.9 Å². The number of anilines is 1. The Hall–Kier alpha value is -2.81. The maximum atomic E-state index is 12.5. The minimum Gasteiger partial charge on any atom is -0.368 e. The van der Waals surface area contributed by atoms with Crippen LogP contribution in [0.2, 0.25) is 0 Å². The van der Waals surface area contributed by atoms with Crippen molar-refractivity contribution in [3.8, 4) is 0 Å². The van der Waals surface area contributed by atoms with Gasteiger partial charge in [-0.2, -0.15) is 0 Å². The molecule has 3 rings (SSSR count). The highest BCUT2D eigenvalue weighted by molar-refractivity contribution is 5.90. The second kappa shape index (κ2) is 13.9. The molecule has 3 heteroatoms. The summed E-state index contributed by atoms with van der Waals surface area (Å²) in [5, 5.41) is 6.48. The Morgan fingerprint density at radius 2 is 1.80 bits per heavy atom. The fraction of sp³-hybridized carbons (Fsp3) is 0.469. The average Bonchev–Trinajstić information content (AvgIpc) is 2.86. The molecule has 1 unspecified atom stereocenters. The van der Waals surface area contributed by atoms with Crippen molar-refractivity contribution in [2.45, 2.75) is 91.4 Å². The molecular formula is C32H44N2O. The van der Waals surface area contributed by atoms with Crippen molar-refractivity contribution in [2.24, 2.45) is 5.92 Å². The summed E-state index contributed by atoms with van der Waals surface area (Å²) in [6.07, 6.45) is 16.4. The number of hydrogen-bond acceptors (Lipinski definition) is 2. The van der Waals surface area contributed by atoms with Crippen LogP contribution in [0.15, 0.2) is 66.5 Å². The molecule has 2 N–H and O–H groups in total. The van der Waals surface area contributed by atoms with Crippen LogP contribution in [-0.4, -0.2) is 5.91 Å². The molecule has 0 aliphatic heterocycles. The van der Waals surface area contributed by atoms with E-state index >= 15 is 0 Å². The molecule has 0 bridgehead atoms. The van der Waals surface area contributed by atoms with Crippen LogP contribution < -0.4 is 10.6 Å². The van der Waals surface area contributed by atoms with Crippen LogP contribution in [0, 0.1) is 19.8 Å². The van der Waals surface area contributed by atoms with Crippen molar-refractivity contribution >= 4 is 11.6 Å². The zero-order chi connectivity index (χ0) is 25.0. The summed E-state index contributed by atoms with van der Waals surface area (Å²) in [7, 11) is 0. The predicted molar refractivity (Wildman–Crippen MR) is 150 cm³/mol. The van der Waals surface area contributed by atoms with E-state index < -0.39 is 0 Å². The van der Waals surface area contributed by atoms with Gasteiger partial charge in [-0.25, -0.2) is 0 Å². The van der Waals surface area contributed by atoms with Crippen LogP contribution in [-0.2, 0) is 11.2 Å². The van der Waals surface area contributed by atoms with E-state index in [-0.39, 0.29) is 11.8 Å². The number of rotatable bonds is 11. The normalized spacial score (nSPS) is 15.8. The summed E-state index contributed by atoms with van der Waals surface area (Å²) in [6, 6.07) is 15.0. The molecule has 0 heterocycles. The first-order valence-electron chi connectivity index (χ1n) is 13.5. The summed E-state index contributed by atoms with van der Waals surface area (Å²) in [4.78, 5) is 12.5. The fourth-order valence-electron chi connectivity index (χ4n) is 5.09. The number of unbranched alkanes of at least 4 members (excludes halogenated alkanes) is 1. The third-order valence-corrected chi connectivity index (χ3v) is 7.43. The summed E-state index contributed by atoms with van der Waals surface area (Å²) in [5.41, 5.74) is 7.54. The average molecular weight is 473 g/mol. The third kappa shape index (κ3) is 8.42. The predicted octanol–water partition coefficient (Wildman–Crippen LogP) is 8.35. The minimum absolute atomic E-state index is 0.152. The quantitative estimate of drug-likeness (QED) is 0.345. The van der Waals surface area contributed by atoms with Crippen LogP contribution in [0.25, 0.3) is 0 Å². The topological polar surface area (TPSA) is 41.1 Å². The maximum Gasteiger partial charge on any atom is 0.224 e. The van der Waals surface area contributed by atoms with Crippen molar-refractivity contribution in [1.29, 1.82) is 0 Å². The second-order valence-corrected chi connectivity index (χ2v) is 10.2. The van der Waals surface area contributed by atoms with Crippen molar-refractivity contribution in [2.75, 3.05) is 5.32 Å². The molecule has 2 aromatic carbocycles. The van der Waals surface area contributed by atoms with E-state index in [1.54, 1.807) is 0 Å². The molecule has 188 valence electrons. The largest absolute Gasteiger partial charge is 0.368 e. The SMILES string of the molecule is CCC/C=C/N/C=C(\C)C(Cc1ccc(NC(=O)CC2CCCCC2)cc1)c1cccc(C)c1C. The first-order chi connectivity index (χ1) is 17.0. The smallest absolute Gasteiger partial charge is 0.224 e. The highest BCUT2D eigenvalue weighted by Crippen LogP contribution is 2.32. The van der Waals surface area contributed by atoms with Gasteiger partial charge >= 0.3 is 0 Å². The Labute approximate surface area is 213 Å². The molecule has 1 aliphatic carbocycles. The fourth-order valence-corrected chi connectivity index (χ4v) is 5.09. The molecule has 1 saturated carbocycles. The molecule has 3 nitrogen and oxygen atoms in total. The molecule has 0 spiro atoms. The van der Waals surface area contributed by atoms with E-state index in [0.717, 1.165) is 24.9 Å². The molecule has 1 amide bonds. The van der Waals surface area contributed by atoms with E-state index in [4.69, 9.17) is 0 Å². The monoisotopic (exact) mass is 472 g/mol. The Morgan fingerprint density at radius 1 is 1.06 bits per heavy atom. The number of nitrogens with one attached hydrogen (secondary N) is 2. The number of hydrogen-bond donors (Lipinski definition) is 2. The number of allylic oxidation sites excluding steroid dienone is 2. The number of benzene rings is 2. The first kappa shape index (κ1) is 26.8. The lowest BCUT2D eigenvalue weighted by Crippen LogP contribution is -2.18. The van der Waals surface area contributed by atoms with E-state index in [2.05, 4.69) is 93.1 Å². The van der Waals surface area contributed by atoms with E-state index in [0.29, 0.717) is 12.3 Å². The van der Waals surface area contributed by atoms with Gasteiger partial charge in [-0.1, -0.05) is 69.0 Å². The minimum atomic E-state index is 0.152. The van der Waals surface area contributed by atoms with Gasteiger partial charge in [0.1, 0.15) is 0 Å². The highest BCUT2D eigenvalue weighted by atomic mass is 16.1. The van der Waals surface area contributed by atoms with Crippen LogP contribution in [0.1, 0.15) is 93.4 Å². The van der Waals surface area contributed by atoms with Gasteiger partial charge in [0, 0.05) is 18.0 Å². The molecular weight excluding hydrogens is 428 g/mol. The number of amides is 1. The van der Waals surface area contributed by atoms with Crippen molar-refractivity contribution in [3.63, 3.8) is 0 Å². The van der Waals surface area contributed by atoms with Gasteiger partial charge in [0.05, 0.1) is 0 Å². The molecule has 1 aliphatic rings. The van der Waals surface area contributed by atoms with Gasteiger partial charge in [0.15, 0.2) is 0 Å². The summed E-state index contributed by atoms with van der Waals surface area (Å²) < 4.78 is 0. The van der Waals surface area contributed by atoms with Crippen molar-refractivity contribution < 1.29 is 4.79 Å². The van der Waals surface area contributed by atoms with Crippen LogP contribution >= 0.6 is 0 Å². The first-order valence-corrected chi connectivity index (χ1v) is 13.5. The number of aryl methyl sites for hydroxylation is 1. The summed E-state index contributed by atoms with van der Waals surface area (Å²) in [6.45, 7) is 8.82. The Balaban J connectivity index is 1.70. The summed E-state index contributed by atoms with van der Waals surface area (Å²) in [5.74, 6) is 0.995. The van der Waals surface area contributed by atoms with E-state index in [1.807, 2.05) is 6.20 Å². The molecule has 2 aromatic rings. The standard InChI is InChI=1S/C32H44N2O/c1-5-6-10-20-33-23-25(3)31(30-15-11-12-24(2)26(30)4)21-28-16-18-29(19-17-28)34-32(35)22-27-13-8-7-9-14-27/h10-12,15-20,23,27,31,33H,5-9,13-14,21-22H2,1-4H3,(H,34,35)/b20-10+,25-23+. The van der Waals surface area contributed by atoms with E-state index in [9.17, 15) is 4.79 Å². The van der Waals surface area contributed by atoms with Gasteiger partial charge in [0.2, 0.25) is 5.91 Å². The van der Waals surface area contributed by atoms with Gasteiger partial charge in [-0.05, 0) is 105 Å². The lowest BCUT2D eigenvalue weighted by atomic mass is 9.83. The zero-order valence-corrected chi connectivity index (χ0v) is 22.2. The third-order valence-electron chi connectivity index (χ3n) is 7.43. The second-order valence-electron chi connectivity index (χ2n) is 10.2. The Kier molecular flexibility index (Phi) is 10.7. The molecule has 1 atom stereocenters. The van der Waals surface area contributed by atoms with Crippen molar-refractivity contribution in [1.82, 2.24) is 5.32 Å². The van der Waals surface area contributed by atoms with Gasteiger partial charge in [-0.15, -0.1) is 0 Å². The molecule has 0 saturated heterocycles.